The van der Waals surface area contributed by atoms with Gasteiger partial charge in [-0.05, 0) is 63.4 Å². The van der Waals surface area contributed by atoms with Crippen LogP contribution in [0, 0.1) is 0 Å². The molecule has 3 nitrogen and oxygen atoms in total. The van der Waals surface area contributed by atoms with Gasteiger partial charge in [0.25, 0.3) is 0 Å². The molecule has 0 aliphatic heterocycles. The number of pyridine rings is 2. The van der Waals surface area contributed by atoms with Gasteiger partial charge in [-0.15, -0.1) is 0 Å². The number of hydrogen-bond acceptors (Lipinski definition) is 2. The van der Waals surface area contributed by atoms with Gasteiger partial charge in [-0.1, -0.05) is 103 Å². The topological polar surface area (TPSA) is 30.2 Å². The largest absolute Gasteiger partial charge is 0.292 e. The van der Waals surface area contributed by atoms with Gasteiger partial charge in [0, 0.05) is 27.7 Å². The summed E-state index contributed by atoms with van der Waals surface area (Å²) in [5.41, 5.74) is 10.1. The highest BCUT2D eigenvalue weighted by molar-refractivity contribution is 6.23. The highest BCUT2D eigenvalue weighted by Gasteiger charge is 2.17. The molecule has 0 amide bonds. The maximum absolute atomic E-state index is 5.13. The van der Waals surface area contributed by atoms with Gasteiger partial charge in [0.05, 0.1) is 22.1 Å². The Morgan fingerprint density at radius 3 is 2.10 bits per heavy atom. The van der Waals surface area contributed by atoms with Crippen molar-refractivity contribution in [2.75, 3.05) is 0 Å². The van der Waals surface area contributed by atoms with Gasteiger partial charge in [0.1, 0.15) is 5.65 Å². The third kappa shape index (κ3) is 3.20. The molecule has 0 spiro atoms. The van der Waals surface area contributed by atoms with Crippen molar-refractivity contribution in [3.63, 3.8) is 0 Å². The molecule has 41 heavy (non-hydrogen) atoms. The average Bonchev–Trinajstić information content (AvgIpc) is 3.44. The lowest BCUT2D eigenvalue weighted by Crippen LogP contribution is -1.94. The summed E-state index contributed by atoms with van der Waals surface area (Å²) < 4.78 is 2.33. The zero-order valence-corrected chi connectivity index (χ0v) is 22.1. The summed E-state index contributed by atoms with van der Waals surface area (Å²) in [7, 11) is 0. The van der Waals surface area contributed by atoms with Gasteiger partial charge < -0.3 is 0 Å². The van der Waals surface area contributed by atoms with Crippen molar-refractivity contribution in [2.24, 2.45) is 0 Å². The lowest BCUT2D eigenvalue weighted by molar-refractivity contribution is 1.31. The average molecular weight is 522 g/mol. The third-order valence-electron chi connectivity index (χ3n) is 8.40. The Hall–Kier alpha value is -5.54. The van der Waals surface area contributed by atoms with E-state index in [4.69, 9.17) is 9.97 Å². The van der Waals surface area contributed by atoms with E-state index >= 15 is 0 Å². The highest BCUT2D eigenvalue weighted by atomic mass is 15.0. The van der Waals surface area contributed by atoms with Gasteiger partial charge in [0.15, 0.2) is 0 Å². The summed E-state index contributed by atoms with van der Waals surface area (Å²) >= 11 is 0. The Balaban J connectivity index is 1.41. The Bertz CT molecular complexity index is 2470. The monoisotopic (exact) mass is 521 g/mol. The molecule has 3 heteroatoms. The van der Waals surface area contributed by atoms with Crippen molar-refractivity contribution >= 4 is 60.0 Å². The normalized spacial score (nSPS) is 11.9. The zero-order chi connectivity index (χ0) is 26.9. The number of hydrogen-bond donors (Lipinski definition) is 0. The molecular formula is C38H23N3. The maximum atomic E-state index is 5.13. The molecule has 0 N–H and O–H groups in total. The van der Waals surface area contributed by atoms with E-state index in [0.29, 0.717) is 0 Å². The summed E-state index contributed by atoms with van der Waals surface area (Å²) in [6.07, 6.45) is 1.88. The highest BCUT2D eigenvalue weighted by Crippen LogP contribution is 2.39. The molecule has 0 atom stereocenters. The molecule has 0 aliphatic carbocycles. The first-order valence-corrected chi connectivity index (χ1v) is 13.9. The van der Waals surface area contributed by atoms with Crippen LogP contribution < -0.4 is 0 Å². The van der Waals surface area contributed by atoms with E-state index in [-0.39, 0.29) is 0 Å². The predicted molar refractivity (Wildman–Crippen MR) is 171 cm³/mol. The Morgan fingerprint density at radius 2 is 1.24 bits per heavy atom. The van der Waals surface area contributed by atoms with E-state index in [9.17, 15) is 0 Å². The van der Waals surface area contributed by atoms with Crippen molar-refractivity contribution in [3.8, 4) is 22.3 Å². The first-order valence-electron chi connectivity index (χ1n) is 13.9. The summed E-state index contributed by atoms with van der Waals surface area (Å²) in [6, 6.07) is 47.7. The summed E-state index contributed by atoms with van der Waals surface area (Å²) in [6.45, 7) is 0. The van der Waals surface area contributed by atoms with Crippen LogP contribution in [-0.2, 0) is 0 Å². The molecule has 3 aromatic heterocycles. The quantitative estimate of drug-likeness (QED) is 0.212. The van der Waals surface area contributed by atoms with Crippen LogP contribution in [0.1, 0.15) is 0 Å². The van der Waals surface area contributed by atoms with E-state index in [2.05, 4.69) is 132 Å². The van der Waals surface area contributed by atoms with Crippen LogP contribution in [0.15, 0.2) is 140 Å². The Labute approximate surface area is 236 Å². The van der Waals surface area contributed by atoms with E-state index in [1.807, 2.05) is 12.3 Å². The zero-order valence-electron chi connectivity index (χ0n) is 22.1. The summed E-state index contributed by atoms with van der Waals surface area (Å²) in [5, 5.41) is 7.07. The number of benzene rings is 6. The van der Waals surface area contributed by atoms with E-state index in [1.165, 1.54) is 38.4 Å². The van der Waals surface area contributed by atoms with Gasteiger partial charge in [-0.2, -0.15) is 0 Å². The molecule has 0 fully saturated rings. The van der Waals surface area contributed by atoms with Crippen LogP contribution in [0.5, 0.6) is 0 Å². The van der Waals surface area contributed by atoms with Gasteiger partial charge in [-0.3, -0.25) is 9.38 Å². The number of rotatable bonds is 2. The standard InChI is InChI=1S/C38H23N3/c1-2-9-24(10-3-1)27-12-6-15-30-28(13-7-14-29(27)30)26-19-20-31-35(23-26)41-34-17-5-4-16-33(34)40-38(41)32-21-18-25-11-8-22-39-37(25)36(31)32/h1-23H. The smallest absolute Gasteiger partial charge is 0.146 e. The van der Waals surface area contributed by atoms with Gasteiger partial charge >= 0.3 is 0 Å². The van der Waals surface area contributed by atoms with Crippen LogP contribution in [0.25, 0.3) is 82.3 Å². The number of nitrogens with zero attached hydrogens (tertiary/aromatic N) is 3. The maximum Gasteiger partial charge on any atom is 0.146 e. The minimum absolute atomic E-state index is 0.961. The second-order valence-corrected chi connectivity index (χ2v) is 10.6. The van der Waals surface area contributed by atoms with Crippen LogP contribution in [-0.4, -0.2) is 14.4 Å². The molecule has 0 radical (unpaired) electrons. The fourth-order valence-electron chi connectivity index (χ4n) is 6.58. The number of para-hydroxylation sites is 2. The molecule has 6 aromatic carbocycles. The molecule has 9 aromatic rings. The fourth-order valence-corrected chi connectivity index (χ4v) is 6.58. The summed E-state index contributed by atoms with van der Waals surface area (Å²) in [5.74, 6) is 0. The third-order valence-corrected chi connectivity index (χ3v) is 8.40. The van der Waals surface area contributed by atoms with Crippen molar-refractivity contribution in [3.05, 3.63) is 140 Å². The van der Waals surface area contributed by atoms with Crippen molar-refractivity contribution in [2.45, 2.75) is 0 Å². The first kappa shape index (κ1) is 22.3. The molecule has 9 rings (SSSR count). The molecule has 0 saturated heterocycles. The minimum atomic E-state index is 0.961. The van der Waals surface area contributed by atoms with E-state index in [1.54, 1.807) is 0 Å². The minimum Gasteiger partial charge on any atom is -0.292 e. The van der Waals surface area contributed by atoms with Crippen molar-refractivity contribution in [1.82, 2.24) is 14.4 Å². The van der Waals surface area contributed by atoms with Crippen molar-refractivity contribution in [1.29, 1.82) is 0 Å². The van der Waals surface area contributed by atoms with Crippen molar-refractivity contribution < 1.29 is 0 Å². The lowest BCUT2D eigenvalue weighted by Gasteiger charge is -2.14. The molecule has 0 bridgehead atoms. The Morgan fingerprint density at radius 1 is 0.488 bits per heavy atom. The van der Waals surface area contributed by atoms with Gasteiger partial charge in [-0.25, -0.2) is 4.98 Å². The van der Waals surface area contributed by atoms with E-state index in [0.717, 1.165) is 43.9 Å². The van der Waals surface area contributed by atoms with Crippen LogP contribution in [0.4, 0.5) is 0 Å². The number of imidazole rings is 1. The lowest BCUT2D eigenvalue weighted by atomic mass is 9.92. The molecule has 0 aliphatic rings. The molecular weight excluding hydrogens is 498 g/mol. The molecule has 3 heterocycles. The SMILES string of the molecule is c1ccc(-c2cccc3c(-c4ccc5c6c(ccc7cccnc76)c6nc7ccccc7n6c5c4)cccc23)cc1. The second kappa shape index (κ2) is 8.48. The van der Waals surface area contributed by atoms with Crippen LogP contribution in [0.2, 0.25) is 0 Å². The fraction of sp³-hybridized carbons (Fsp3) is 0. The first-order chi connectivity index (χ1) is 20.3. The predicted octanol–water partition coefficient (Wildman–Crippen LogP) is 9.83. The molecule has 0 unspecified atom stereocenters. The van der Waals surface area contributed by atoms with E-state index < -0.39 is 0 Å². The molecule has 190 valence electrons. The number of fused-ring (bicyclic) bond motifs is 11. The summed E-state index contributed by atoms with van der Waals surface area (Å²) in [4.78, 5) is 9.98. The Kier molecular flexibility index (Phi) is 4.61. The van der Waals surface area contributed by atoms with Crippen LogP contribution >= 0.6 is 0 Å². The number of aromatic nitrogens is 3. The molecule has 0 saturated carbocycles. The second-order valence-electron chi connectivity index (χ2n) is 10.6. The van der Waals surface area contributed by atoms with Crippen LogP contribution in [0.3, 0.4) is 0 Å². The van der Waals surface area contributed by atoms with Gasteiger partial charge in [0.2, 0.25) is 0 Å².